The van der Waals surface area contributed by atoms with E-state index in [4.69, 9.17) is 0 Å². The Kier molecular flexibility index (Phi) is 2.58. The van der Waals surface area contributed by atoms with Crippen molar-refractivity contribution >= 4 is 11.6 Å². The van der Waals surface area contributed by atoms with E-state index in [0.29, 0.717) is 6.42 Å². The van der Waals surface area contributed by atoms with Gasteiger partial charge in [-0.1, -0.05) is 24.3 Å². The Hall–Kier alpha value is -1.57. The number of para-hydroxylation sites is 1. The van der Waals surface area contributed by atoms with Gasteiger partial charge in [-0.25, -0.2) is 0 Å². The number of nitrogens with zero attached hydrogens (tertiary/aromatic N) is 1. The second-order valence-electron chi connectivity index (χ2n) is 3.87. The summed E-state index contributed by atoms with van der Waals surface area (Å²) in [4.78, 5) is 13.7. The van der Waals surface area contributed by atoms with Crippen LogP contribution in [0.2, 0.25) is 0 Å². The van der Waals surface area contributed by atoms with E-state index >= 15 is 0 Å². The molecule has 1 aliphatic rings. The van der Waals surface area contributed by atoms with Crippen molar-refractivity contribution < 1.29 is 4.79 Å². The van der Waals surface area contributed by atoms with Crippen LogP contribution in [0.5, 0.6) is 0 Å². The lowest BCUT2D eigenvalue weighted by atomic mass is 10.00. The zero-order chi connectivity index (χ0) is 10.8. The molecule has 2 heteroatoms. The van der Waals surface area contributed by atoms with Gasteiger partial charge < -0.3 is 4.90 Å². The number of amides is 1. The molecule has 0 spiro atoms. The molecule has 1 amide bonds. The molecule has 2 nitrogen and oxygen atoms in total. The lowest BCUT2D eigenvalue weighted by molar-refractivity contribution is -0.119. The SMILES string of the molecule is C=CC(C)N1C(=O)CCc2ccccc21. The molecule has 0 bridgehead atoms. The topological polar surface area (TPSA) is 20.3 Å². The smallest absolute Gasteiger partial charge is 0.227 e. The third-order valence-electron chi connectivity index (χ3n) is 2.88. The normalized spacial score (nSPS) is 17.1. The molecule has 2 rings (SSSR count). The lowest BCUT2D eigenvalue weighted by Crippen LogP contribution is -2.40. The average Bonchev–Trinajstić information content (AvgIpc) is 2.28. The number of rotatable bonds is 2. The van der Waals surface area contributed by atoms with Crippen molar-refractivity contribution in [2.45, 2.75) is 25.8 Å². The molecular weight excluding hydrogens is 186 g/mol. The molecule has 1 aromatic carbocycles. The number of hydrogen-bond donors (Lipinski definition) is 0. The van der Waals surface area contributed by atoms with Crippen LogP contribution < -0.4 is 4.90 Å². The van der Waals surface area contributed by atoms with E-state index in [9.17, 15) is 4.79 Å². The van der Waals surface area contributed by atoms with E-state index in [2.05, 4.69) is 12.6 Å². The molecule has 1 aromatic rings. The summed E-state index contributed by atoms with van der Waals surface area (Å²) in [5, 5.41) is 0. The van der Waals surface area contributed by atoms with Crippen LogP contribution in [0.1, 0.15) is 18.9 Å². The summed E-state index contributed by atoms with van der Waals surface area (Å²) >= 11 is 0. The molecule has 0 N–H and O–H groups in total. The van der Waals surface area contributed by atoms with Crippen LogP contribution in [0.4, 0.5) is 5.69 Å². The van der Waals surface area contributed by atoms with Crippen molar-refractivity contribution in [3.05, 3.63) is 42.5 Å². The van der Waals surface area contributed by atoms with Gasteiger partial charge in [0.05, 0.1) is 6.04 Å². The molecule has 78 valence electrons. The van der Waals surface area contributed by atoms with Crippen LogP contribution in [0.15, 0.2) is 36.9 Å². The van der Waals surface area contributed by atoms with Crippen LogP contribution in [0.3, 0.4) is 0 Å². The van der Waals surface area contributed by atoms with Crippen molar-refractivity contribution in [1.29, 1.82) is 0 Å². The fourth-order valence-corrected chi connectivity index (χ4v) is 2.01. The number of fused-ring (bicyclic) bond motifs is 1. The molecule has 0 radical (unpaired) electrons. The van der Waals surface area contributed by atoms with Crippen molar-refractivity contribution in [2.24, 2.45) is 0 Å². The van der Waals surface area contributed by atoms with Gasteiger partial charge >= 0.3 is 0 Å². The molecule has 0 saturated heterocycles. The maximum absolute atomic E-state index is 11.8. The summed E-state index contributed by atoms with van der Waals surface area (Å²) in [6, 6.07) is 8.15. The molecule has 1 unspecified atom stereocenters. The molecule has 15 heavy (non-hydrogen) atoms. The number of hydrogen-bond acceptors (Lipinski definition) is 1. The molecule has 1 atom stereocenters. The molecule has 1 aliphatic heterocycles. The minimum absolute atomic E-state index is 0.0685. The summed E-state index contributed by atoms with van der Waals surface area (Å²) in [5.74, 6) is 0.195. The second kappa shape index (κ2) is 3.89. The lowest BCUT2D eigenvalue weighted by Gasteiger charge is -2.32. The minimum Gasteiger partial charge on any atom is -0.306 e. The Bertz CT molecular complexity index is 397. The van der Waals surface area contributed by atoms with Gasteiger partial charge in [-0.2, -0.15) is 0 Å². The highest BCUT2D eigenvalue weighted by atomic mass is 16.2. The van der Waals surface area contributed by atoms with E-state index in [1.807, 2.05) is 30.0 Å². The third kappa shape index (κ3) is 1.67. The first-order valence-corrected chi connectivity index (χ1v) is 5.26. The number of carbonyl (C=O) groups is 1. The van der Waals surface area contributed by atoms with Crippen LogP contribution in [0, 0.1) is 0 Å². The molecule has 0 saturated carbocycles. The Morgan fingerprint density at radius 1 is 1.40 bits per heavy atom. The number of anilines is 1. The fourth-order valence-electron chi connectivity index (χ4n) is 2.01. The molecular formula is C13H15NO. The highest BCUT2D eigenvalue weighted by Crippen LogP contribution is 2.29. The summed E-state index contributed by atoms with van der Waals surface area (Å²) in [6.45, 7) is 5.74. The molecule has 0 aliphatic carbocycles. The maximum atomic E-state index is 11.8. The Morgan fingerprint density at radius 2 is 2.13 bits per heavy atom. The van der Waals surface area contributed by atoms with Gasteiger partial charge in [-0.05, 0) is 25.0 Å². The molecule has 0 fully saturated rings. The van der Waals surface area contributed by atoms with Crippen LogP contribution in [-0.2, 0) is 11.2 Å². The molecule has 1 heterocycles. The fraction of sp³-hybridized carbons (Fsp3) is 0.308. The average molecular weight is 201 g/mol. The summed E-state index contributed by atoms with van der Waals surface area (Å²) in [7, 11) is 0. The monoisotopic (exact) mass is 201 g/mol. The van der Waals surface area contributed by atoms with Gasteiger partial charge in [0.15, 0.2) is 0 Å². The Balaban J connectivity index is 2.45. The van der Waals surface area contributed by atoms with Crippen LogP contribution in [0.25, 0.3) is 0 Å². The summed E-state index contributed by atoms with van der Waals surface area (Å²) in [5.41, 5.74) is 2.30. The maximum Gasteiger partial charge on any atom is 0.227 e. The predicted molar refractivity (Wildman–Crippen MR) is 61.9 cm³/mol. The van der Waals surface area contributed by atoms with Gasteiger partial charge in [0.25, 0.3) is 0 Å². The van der Waals surface area contributed by atoms with Gasteiger partial charge in [0.1, 0.15) is 0 Å². The Morgan fingerprint density at radius 3 is 2.87 bits per heavy atom. The zero-order valence-corrected chi connectivity index (χ0v) is 8.94. The first kappa shape index (κ1) is 9.97. The van der Waals surface area contributed by atoms with E-state index in [-0.39, 0.29) is 11.9 Å². The largest absolute Gasteiger partial charge is 0.306 e. The van der Waals surface area contributed by atoms with E-state index in [1.54, 1.807) is 6.08 Å². The Labute approximate surface area is 90.2 Å². The third-order valence-corrected chi connectivity index (χ3v) is 2.88. The first-order chi connectivity index (χ1) is 7.24. The van der Waals surface area contributed by atoms with Gasteiger partial charge in [0, 0.05) is 12.1 Å². The predicted octanol–water partition coefficient (Wildman–Crippen LogP) is 2.54. The highest BCUT2D eigenvalue weighted by molar-refractivity contribution is 5.97. The first-order valence-electron chi connectivity index (χ1n) is 5.26. The van der Waals surface area contributed by atoms with Crippen LogP contribution >= 0.6 is 0 Å². The van der Waals surface area contributed by atoms with Crippen molar-refractivity contribution in [3.63, 3.8) is 0 Å². The summed E-state index contributed by atoms with van der Waals surface area (Å²) < 4.78 is 0. The highest BCUT2D eigenvalue weighted by Gasteiger charge is 2.26. The van der Waals surface area contributed by atoms with Gasteiger partial charge in [-0.15, -0.1) is 6.58 Å². The van der Waals surface area contributed by atoms with Crippen molar-refractivity contribution in [1.82, 2.24) is 0 Å². The minimum atomic E-state index is 0.0685. The molecule has 0 aromatic heterocycles. The van der Waals surface area contributed by atoms with Crippen LogP contribution in [-0.4, -0.2) is 11.9 Å². The zero-order valence-electron chi connectivity index (χ0n) is 8.94. The van der Waals surface area contributed by atoms with E-state index < -0.39 is 0 Å². The van der Waals surface area contributed by atoms with Crippen molar-refractivity contribution in [3.8, 4) is 0 Å². The van der Waals surface area contributed by atoms with Gasteiger partial charge in [-0.3, -0.25) is 4.79 Å². The number of carbonyl (C=O) groups excluding carboxylic acids is 1. The standard InChI is InChI=1S/C13H15NO/c1-3-10(2)14-12-7-5-4-6-11(12)8-9-13(14)15/h3-7,10H,1,8-9H2,2H3. The van der Waals surface area contributed by atoms with E-state index in [1.165, 1.54) is 5.56 Å². The van der Waals surface area contributed by atoms with E-state index in [0.717, 1.165) is 12.1 Å². The van der Waals surface area contributed by atoms with Crippen molar-refractivity contribution in [2.75, 3.05) is 4.90 Å². The number of aryl methyl sites for hydroxylation is 1. The van der Waals surface area contributed by atoms with Gasteiger partial charge in [0.2, 0.25) is 5.91 Å². The quantitative estimate of drug-likeness (QED) is 0.673. The second-order valence-corrected chi connectivity index (χ2v) is 3.87. The number of benzene rings is 1. The summed E-state index contributed by atoms with van der Waals surface area (Å²) in [6.07, 6.45) is 3.27.